The number of methoxy groups -OCH3 is 1. The van der Waals surface area contributed by atoms with Gasteiger partial charge in [0.05, 0.1) is 16.7 Å². The molecule has 1 aliphatic heterocycles. The van der Waals surface area contributed by atoms with Gasteiger partial charge in [0.25, 0.3) is 5.91 Å². The summed E-state index contributed by atoms with van der Waals surface area (Å²) in [5.41, 5.74) is 1.37. The van der Waals surface area contributed by atoms with Crippen LogP contribution in [0.5, 0.6) is 5.75 Å². The Labute approximate surface area is 216 Å². The summed E-state index contributed by atoms with van der Waals surface area (Å²) >= 11 is 1.63. The summed E-state index contributed by atoms with van der Waals surface area (Å²) in [5, 5.41) is 0.929. The summed E-state index contributed by atoms with van der Waals surface area (Å²) in [6.45, 7) is 2.53. The molecule has 0 atom stereocenters. The van der Waals surface area contributed by atoms with Gasteiger partial charge in [0.1, 0.15) is 11.3 Å². The smallest absolute Gasteiger partial charge is 0.253 e. The summed E-state index contributed by atoms with van der Waals surface area (Å²) in [6.07, 6.45) is 5.12. The third-order valence-electron chi connectivity index (χ3n) is 7.30. The summed E-state index contributed by atoms with van der Waals surface area (Å²) < 4.78 is 34.2. The van der Waals surface area contributed by atoms with Crippen LogP contribution in [-0.4, -0.2) is 74.9 Å². The molecule has 1 aliphatic carbocycles. The fraction of sp³-hybridized carbons (Fsp3) is 0.462. The second-order valence-electron chi connectivity index (χ2n) is 9.42. The number of hydrogen-bond donors (Lipinski definition) is 0. The number of para-hydroxylation sites is 1. The van der Waals surface area contributed by atoms with Crippen molar-refractivity contribution in [3.8, 4) is 5.75 Å². The summed E-state index contributed by atoms with van der Waals surface area (Å²) in [7, 11) is -0.253. The molecule has 2 aromatic carbocycles. The van der Waals surface area contributed by atoms with E-state index in [2.05, 4.69) is 4.90 Å². The number of hydrogen-bond acceptors (Lipinski definition) is 7. The Hall–Kier alpha value is -2.69. The van der Waals surface area contributed by atoms with Crippen LogP contribution in [0.2, 0.25) is 0 Å². The molecule has 2 fully saturated rings. The third-order valence-corrected chi connectivity index (χ3v) is 10.3. The fourth-order valence-corrected chi connectivity index (χ4v) is 7.52. The maximum Gasteiger partial charge on any atom is 0.253 e. The normalized spacial score (nSPS) is 17.6. The van der Waals surface area contributed by atoms with Gasteiger partial charge >= 0.3 is 0 Å². The predicted octanol–water partition coefficient (Wildman–Crippen LogP) is 4.22. The highest BCUT2D eigenvalue weighted by molar-refractivity contribution is 7.89. The number of carbonyl (C=O) groups excluding carboxylic acids is 1. The molecule has 192 valence electrons. The van der Waals surface area contributed by atoms with E-state index in [-0.39, 0.29) is 16.8 Å². The highest BCUT2D eigenvalue weighted by atomic mass is 32.2. The molecule has 1 saturated carbocycles. The van der Waals surface area contributed by atoms with Crippen molar-refractivity contribution in [3.05, 3.63) is 48.0 Å². The number of ether oxygens (including phenoxy) is 1. The van der Waals surface area contributed by atoms with Crippen molar-refractivity contribution in [2.45, 2.75) is 43.0 Å². The van der Waals surface area contributed by atoms with E-state index in [0.29, 0.717) is 31.7 Å². The van der Waals surface area contributed by atoms with Crippen molar-refractivity contribution in [1.82, 2.24) is 14.2 Å². The maximum atomic E-state index is 13.1. The van der Waals surface area contributed by atoms with Gasteiger partial charge in [-0.1, -0.05) is 36.7 Å². The van der Waals surface area contributed by atoms with Gasteiger partial charge in [0.2, 0.25) is 10.0 Å². The van der Waals surface area contributed by atoms with Crippen LogP contribution < -0.4 is 9.64 Å². The Morgan fingerprint density at radius 3 is 2.39 bits per heavy atom. The average Bonchev–Trinajstić information content (AvgIpc) is 3.37. The number of anilines is 1. The van der Waals surface area contributed by atoms with Gasteiger partial charge < -0.3 is 14.5 Å². The minimum absolute atomic E-state index is 0.0536. The molecule has 1 saturated heterocycles. The summed E-state index contributed by atoms with van der Waals surface area (Å²) in [4.78, 5) is 22.2. The summed E-state index contributed by atoms with van der Waals surface area (Å²) in [5.74, 6) is 0.685. The van der Waals surface area contributed by atoms with Crippen LogP contribution in [0.3, 0.4) is 0 Å². The van der Waals surface area contributed by atoms with Crippen molar-refractivity contribution in [2.24, 2.45) is 0 Å². The molecule has 1 amide bonds. The molecule has 0 radical (unpaired) electrons. The zero-order valence-corrected chi connectivity index (χ0v) is 22.4. The zero-order valence-electron chi connectivity index (χ0n) is 20.7. The van der Waals surface area contributed by atoms with Crippen LogP contribution in [0.25, 0.3) is 10.2 Å². The number of piperazine rings is 1. The minimum Gasteiger partial charge on any atom is -0.494 e. The molecule has 1 aromatic heterocycles. The second kappa shape index (κ2) is 10.4. The lowest BCUT2D eigenvalue weighted by molar-refractivity contribution is 0.0746. The molecule has 36 heavy (non-hydrogen) atoms. The minimum atomic E-state index is -3.57. The van der Waals surface area contributed by atoms with E-state index in [4.69, 9.17) is 9.72 Å². The van der Waals surface area contributed by atoms with Gasteiger partial charge in [-0.25, -0.2) is 13.4 Å². The molecule has 0 spiro atoms. The van der Waals surface area contributed by atoms with Gasteiger partial charge in [-0.2, -0.15) is 4.31 Å². The molecule has 5 rings (SSSR count). The van der Waals surface area contributed by atoms with Crippen LogP contribution in [0.1, 0.15) is 42.5 Å². The molecule has 0 N–H and O–H groups in total. The van der Waals surface area contributed by atoms with Crippen molar-refractivity contribution in [2.75, 3.05) is 45.2 Å². The Morgan fingerprint density at radius 1 is 1.03 bits per heavy atom. The number of rotatable bonds is 6. The second-order valence-corrected chi connectivity index (χ2v) is 12.4. The molecule has 10 heteroatoms. The van der Waals surface area contributed by atoms with E-state index in [1.165, 1.54) is 10.7 Å². The van der Waals surface area contributed by atoms with Crippen LogP contribution in [-0.2, 0) is 10.0 Å². The first-order valence-corrected chi connectivity index (χ1v) is 14.7. The SMILES string of the molecule is COc1cccc2sc(N3CCN(C(=O)c4ccc(S(=O)(=O)N(C)C5CCCCC5)cc4)CC3)nc12. The molecule has 8 nitrogen and oxygen atoms in total. The number of aromatic nitrogens is 1. The molecular weight excluding hydrogens is 496 g/mol. The Bertz CT molecular complexity index is 1330. The Kier molecular flexibility index (Phi) is 7.18. The van der Waals surface area contributed by atoms with E-state index < -0.39 is 10.0 Å². The number of nitrogens with zero attached hydrogens (tertiary/aromatic N) is 4. The number of sulfonamides is 1. The van der Waals surface area contributed by atoms with Crippen molar-refractivity contribution < 1.29 is 17.9 Å². The first kappa shape index (κ1) is 25.0. The van der Waals surface area contributed by atoms with Crippen LogP contribution in [0.15, 0.2) is 47.4 Å². The highest BCUT2D eigenvalue weighted by Crippen LogP contribution is 2.34. The summed E-state index contributed by atoms with van der Waals surface area (Å²) in [6, 6.07) is 12.4. The van der Waals surface area contributed by atoms with Crippen molar-refractivity contribution in [1.29, 1.82) is 0 Å². The maximum absolute atomic E-state index is 13.1. The van der Waals surface area contributed by atoms with E-state index in [1.54, 1.807) is 49.8 Å². The van der Waals surface area contributed by atoms with Crippen molar-refractivity contribution >= 4 is 42.6 Å². The van der Waals surface area contributed by atoms with Crippen LogP contribution in [0, 0.1) is 0 Å². The monoisotopic (exact) mass is 528 g/mol. The number of fused-ring (bicyclic) bond motifs is 1. The number of thiazole rings is 1. The van der Waals surface area contributed by atoms with E-state index in [0.717, 1.165) is 46.8 Å². The van der Waals surface area contributed by atoms with Crippen molar-refractivity contribution in [3.63, 3.8) is 0 Å². The third kappa shape index (κ3) is 4.81. The first-order valence-electron chi connectivity index (χ1n) is 12.4. The number of benzene rings is 2. The van der Waals surface area contributed by atoms with Crippen LogP contribution >= 0.6 is 11.3 Å². The first-order chi connectivity index (χ1) is 17.4. The van der Waals surface area contributed by atoms with Gasteiger partial charge in [0, 0.05) is 44.8 Å². The number of amides is 1. The molecule has 0 unspecified atom stereocenters. The molecular formula is C26H32N4O4S2. The van der Waals surface area contributed by atoms with Gasteiger partial charge in [-0.05, 0) is 49.2 Å². The van der Waals surface area contributed by atoms with E-state index in [9.17, 15) is 13.2 Å². The highest BCUT2D eigenvalue weighted by Gasteiger charge is 2.30. The lowest BCUT2D eigenvalue weighted by atomic mass is 9.96. The van der Waals surface area contributed by atoms with Gasteiger partial charge in [0.15, 0.2) is 5.13 Å². The van der Waals surface area contributed by atoms with Gasteiger partial charge in [-0.15, -0.1) is 0 Å². The van der Waals surface area contributed by atoms with E-state index >= 15 is 0 Å². The average molecular weight is 529 g/mol. The lowest BCUT2D eigenvalue weighted by Crippen LogP contribution is -2.48. The Morgan fingerprint density at radius 2 is 1.72 bits per heavy atom. The zero-order chi connectivity index (χ0) is 25.3. The van der Waals surface area contributed by atoms with E-state index in [1.807, 2.05) is 23.1 Å². The quantitative estimate of drug-likeness (QED) is 0.476. The standard InChI is InChI=1S/C26H32N4O4S2/c1-28(20-7-4-3-5-8-20)36(32,33)21-13-11-19(12-14-21)25(31)29-15-17-30(18-16-29)26-27-24-22(34-2)9-6-10-23(24)35-26/h6,9-14,20H,3-5,7-8,15-18H2,1-2H3. The van der Waals surface area contributed by atoms with Gasteiger partial charge in [-0.3, -0.25) is 4.79 Å². The number of carbonyl (C=O) groups is 1. The fourth-order valence-electron chi connectivity index (χ4n) is 5.07. The lowest BCUT2D eigenvalue weighted by Gasteiger charge is -2.34. The molecule has 2 heterocycles. The molecule has 2 aliphatic rings. The Balaban J connectivity index is 1.22. The predicted molar refractivity (Wildman–Crippen MR) is 143 cm³/mol. The largest absolute Gasteiger partial charge is 0.494 e. The molecule has 3 aromatic rings. The molecule has 0 bridgehead atoms. The van der Waals surface area contributed by atoms with Crippen LogP contribution in [0.4, 0.5) is 5.13 Å². The topological polar surface area (TPSA) is 83.0 Å².